The van der Waals surface area contributed by atoms with Crippen molar-refractivity contribution in [1.29, 1.82) is 0 Å². The molecule has 4 nitrogen and oxygen atoms in total. The summed E-state index contributed by atoms with van der Waals surface area (Å²) in [5.74, 6) is 0.674. The minimum atomic E-state index is -0.105. The van der Waals surface area contributed by atoms with Gasteiger partial charge in [-0.05, 0) is 35.6 Å². The van der Waals surface area contributed by atoms with Crippen molar-refractivity contribution in [2.75, 3.05) is 11.9 Å². The number of anilines is 1. The molecule has 0 unspecified atom stereocenters. The largest absolute Gasteiger partial charge is 0.370 e. The van der Waals surface area contributed by atoms with E-state index in [9.17, 15) is 4.79 Å². The molecule has 2 aromatic heterocycles. The predicted molar refractivity (Wildman–Crippen MR) is 98.4 cm³/mol. The van der Waals surface area contributed by atoms with Gasteiger partial charge in [-0.1, -0.05) is 36.4 Å². The molecule has 3 rings (SSSR count). The van der Waals surface area contributed by atoms with Crippen molar-refractivity contribution in [2.45, 2.75) is 13.0 Å². The van der Waals surface area contributed by atoms with Crippen LogP contribution in [-0.4, -0.2) is 17.4 Å². The second kappa shape index (κ2) is 8.26. The molecule has 1 amide bonds. The molecule has 0 aliphatic heterocycles. The molecule has 122 valence electrons. The van der Waals surface area contributed by atoms with Crippen molar-refractivity contribution in [3.63, 3.8) is 0 Å². The maximum absolute atomic E-state index is 12.1. The molecular weight excluding hydrogens is 318 g/mol. The van der Waals surface area contributed by atoms with E-state index in [1.807, 2.05) is 41.8 Å². The quantitative estimate of drug-likeness (QED) is 0.691. The number of amides is 1. The maximum atomic E-state index is 12.1. The zero-order chi connectivity index (χ0) is 16.6. The molecule has 0 aliphatic carbocycles. The molecular formula is C19H19N3OS. The Morgan fingerprint density at radius 3 is 2.62 bits per heavy atom. The summed E-state index contributed by atoms with van der Waals surface area (Å²) >= 11 is 1.63. The van der Waals surface area contributed by atoms with E-state index in [2.05, 4.69) is 27.8 Å². The fourth-order valence-corrected chi connectivity index (χ4v) is 2.94. The van der Waals surface area contributed by atoms with Crippen LogP contribution in [0.5, 0.6) is 0 Å². The smallest absolute Gasteiger partial charge is 0.253 e. The number of rotatable bonds is 7. The molecule has 0 fully saturated rings. The van der Waals surface area contributed by atoms with Gasteiger partial charge in [-0.2, -0.15) is 0 Å². The van der Waals surface area contributed by atoms with Crippen LogP contribution >= 0.6 is 11.3 Å². The van der Waals surface area contributed by atoms with Crippen LogP contribution in [0.15, 0.2) is 66.2 Å². The molecule has 0 atom stereocenters. The van der Waals surface area contributed by atoms with Crippen LogP contribution in [0.25, 0.3) is 0 Å². The van der Waals surface area contributed by atoms with Gasteiger partial charge in [0.1, 0.15) is 5.82 Å². The number of carbonyl (C=O) groups is 1. The normalized spacial score (nSPS) is 10.3. The van der Waals surface area contributed by atoms with Crippen LogP contribution in [0.3, 0.4) is 0 Å². The topological polar surface area (TPSA) is 54.0 Å². The van der Waals surface area contributed by atoms with Gasteiger partial charge in [0.25, 0.3) is 5.91 Å². The zero-order valence-corrected chi connectivity index (χ0v) is 14.1. The van der Waals surface area contributed by atoms with Gasteiger partial charge in [0, 0.05) is 17.6 Å². The zero-order valence-electron chi connectivity index (χ0n) is 13.2. The van der Waals surface area contributed by atoms with Crippen molar-refractivity contribution >= 4 is 23.1 Å². The Balaban J connectivity index is 1.46. The minimum Gasteiger partial charge on any atom is -0.370 e. The number of thiophene rings is 1. The van der Waals surface area contributed by atoms with Crippen LogP contribution in [0.1, 0.15) is 20.8 Å². The van der Waals surface area contributed by atoms with E-state index in [-0.39, 0.29) is 5.91 Å². The first kappa shape index (κ1) is 16.2. The standard InChI is InChI=1S/C19H19N3OS/c23-19(22-14-17-7-4-12-24-17)16-8-9-18(21-13-16)20-11-10-15-5-2-1-3-6-15/h1-9,12-13H,10-11,14H2,(H,20,21)(H,22,23). The summed E-state index contributed by atoms with van der Waals surface area (Å²) in [7, 11) is 0. The summed E-state index contributed by atoms with van der Waals surface area (Å²) in [5, 5.41) is 8.17. The summed E-state index contributed by atoms with van der Waals surface area (Å²) < 4.78 is 0. The summed E-state index contributed by atoms with van der Waals surface area (Å²) in [4.78, 5) is 17.5. The number of pyridine rings is 1. The molecule has 0 bridgehead atoms. The van der Waals surface area contributed by atoms with E-state index in [4.69, 9.17) is 0 Å². The average Bonchev–Trinajstić information content (AvgIpc) is 3.15. The lowest BCUT2D eigenvalue weighted by Gasteiger charge is -2.07. The van der Waals surface area contributed by atoms with Crippen molar-refractivity contribution in [3.8, 4) is 0 Å². The Morgan fingerprint density at radius 2 is 1.92 bits per heavy atom. The minimum absolute atomic E-state index is 0.105. The van der Waals surface area contributed by atoms with Crippen LogP contribution in [-0.2, 0) is 13.0 Å². The number of carbonyl (C=O) groups excluding carboxylic acids is 1. The first-order valence-corrected chi connectivity index (χ1v) is 8.74. The number of aromatic nitrogens is 1. The molecule has 0 saturated heterocycles. The van der Waals surface area contributed by atoms with Crippen LogP contribution in [0, 0.1) is 0 Å². The third-order valence-corrected chi connectivity index (χ3v) is 4.47. The molecule has 0 aliphatic rings. The third kappa shape index (κ3) is 4.67. The Bertz CT molecular complexity index is 755. The SMILES string of the molecule is O=C(NCc1cccs1)c1ccc(NCCc2ccccc2)nc1. The first-order chi connectivity index (χ1) is 11.8. The Morgan fingerprint density at radius 1 is 1.04 bits per heavy atom. The molecule has 2 N–H and O–H groups in total. The molecule has 1 aromatic carbocycles. The van der Waals surface area contributed by atoms with Crippen LogP contribution in [0.4, 0.5) is 5.82 Å². The molecule has 0 radical (unpaired) electrons. The van der Waals surface area contributed by atoms with Crippen molar-refractivity contribution < 1.29 is 4.79 Å². The first-order valence-electron chi connectivity index (χ1n) is 7.86. The second-order valence-electron chi connectivity index (χ2n) is 5.36. The number of nitrogens with zero attached hydrogens (tertiary/aromatic N) is 1. The van der Waals surface area contributed by atoms with Crippen LogP contribution in [0.2, 0.25) is 0 Å². The fourth-order valence-electron chi connectivity index (χ4n) is 2.29. The van der Waals surface area contributed by atoms with E-state index >= 15 is 0 Å². The monoisotopic (exact) mass is 337 g/mol. The molecule has 3 aromatic rings. The number of benzene rings is 1. The highest BCUT2D eigenvalue weighted by molar-refractivity contribution is 7.09. The molecule has 24 heavy (non-hydrogen) atoms. The fraction of sp³-hybridized carbons (Fsp3) is 0.158. The van der Waals surface area contributed by atoms with Gasteiger partial charge >= 0.3 is 0 Å². The number of hydrogen-bond acceptors (Lipinski definition) is 4. The highest BCUT2D eigenvalue weighted by atomic mass is 32.1. The van der Waals surface area contributed by atoms with Crippen molar-refractivity contribution in [1.82, 2.24) is 10.3 Å². The highest BCUT2D eigenvalue weighted by Crippen LogP contribution is 2.09. The maximum Gasteiger partial charge on any atom is 0.253 e. The van der Waals surface area contributed by atoms with Gasteiger partial charge in [0.15, 0.2) is 0 Å². The lowest BCUT2D eigenvalue weighted by molar-refractivity contribution is 0.0951. The highest BCUT2D eigenvalue weighted by Gasteiger charge is 2.06. The van der Waals surface area contributed by atoms with Gasteiger partial charge < -0.3 is 10.6 Å². The van der Waals surface area contributed by atoms with Gasteiger partial charge in [-0.15, -0.1) is 11.3 Å². The second-order valence-corrected chi connectivity index (χ2v) is 6.39. The molecule has 5 heteroatoms. The van der Waals surface area contributed by atoms with E-state index in [1.54, 1.807) is 23.6 Å². The van der Waals surface area contributed by atoms with E-state index in [0.29, 0.717) is 12.1 Å². The van der Waals surface area contributed by atoms with E-state index in [0.717, 1.165) is 23.7 Å². The lowest BCUT2D eigenvalue weighted by atomic mass is 10.1. The summed E-state index contributed by atoms with van der Waals surface area (Å²) in [6.45, 7) is 1.36. The average molecular weight is 337 g/mol. The molecule has 2 heterocycles. The third-order valence-electron chi connectivity index (χ3n) is 3.59. The summed E-state index contributed by atoms with van der Waals surface area (Å²) in [6, 6.07) is 17.9. The molecule has 0 saturated carbocycles. The summed E-state index contributed by atoms with van der Waals surface area (Å²) in [5.41, 5.74) is 1.86. The van der Waals surface area contributed by atoms with Gasteiger partial charge in [-0.3, -0.25) is 4.79 Å². The van der Waals surface area contributed by atoms with Crippen molar-refractivity contribution in [2.24, 2.45) is 0 Å². The summed E-state index contributed by atoms with van der Waals surface area (Å²) in [6.07, 6.45) is 2.54. The van der Waals surface area contributed by atoms with Crippen molar-refractivity contribution in [3.05, 3.63) is 82.2 Å². The van der Waals surface area contributed by atoms with Gasteiger partial charge in [0.05, 0.1) is 12.1 Å². The Labute approximate surface area is 145 Å². The lowest BCUT2D eigenvalue weighted by Crippen LogP contribution is -2.22. The van der Waals surface area contributed by atoms with Crippen LogP contribution < -0.4 is 10.6 Å². The van der Waals surface area contributed by atoms with Gasteiger partial charge in [-0.25, -0.2) is 4.98 Å². The molecule has 0 spiro atoms. The Kier molecular flexibility index (Phi) is 5.58. The van der Waals surface area contributed by atoms with E-state index in [1.165, 1.54) is 5.56 Å². The Hall–Kier alpha value is -2.66. The number of hydrogen-bond donors (Lipinski definition) is 2. The number of nitrogens with one attached hydrogen (secondary N) is 2. The van der Waals surface area contributed by atoms with E-state index < -0.39 is 0 Å². The van der Waals surface area contributed by atoms with Gasteiger partial charge in [0.2, 0.25) is 0 Å². The predicted octanol–water partition coefficient (Wildman–Crippen LogP) is 3.73.